The standard InChI is InChI=1S/C19H21NO3/c1-2-8-17(19(22)23)20-18(21)16-12-7-6-11-15(16)13-14-9-4-3-5-10-14/h3-7,9-12,17H,2,8,13H2,1H3,(H,20,21)(H,22,23). The first-order valence-corrected chi connectivity index (χ1v) is 7.77. The van der Waals surface area contributed by atoms with Crippen molar-refractivity contribution in [2.45, 2.75) is 32.2 Å². The van der Waals surface area contributed by atoms with E-state index in [1.54, 1.807) is 12.1 Å². The summed E-state index contributed by atoms with van der Waals surface area (Å²) in [5.74, 6) is -1.34. The molecule has 0 aliphatic heterocycles. The number of nitrogens with one attached hydrogen (secondary N) is 1. The minimum Gasteiger partial charge on any atom is -0.480 e. The number of carbonyl (C=O) groups is 2. The molecule has 4 nitrogen and oxygen atoms in total. The monoisotopic (exact) mass is 311 g/mol. The Bertz CT molecular complexity index is 667. The molecule has 23 heavy (non-hydrogen) atoms. The molecule has 1 amide bonds. The summed E-state index contributed by atoms with van der Waals surface area (Å²) in [6, 6.07) is 16.3. The Kier molecular flexibility index (Phi) is 5.92. The zero-order valence-corrected chi connectivity index (χ0v) is 13.2. The molecule has 0 saturated carbocycles. The van der Waals surface area contributed by atoms with E-state index in [1.165, 1.54) is 0 Å². The van der Waals surface area contributed by atoms with Gasteiger partial charge in [-0.1, -0.05) is 61.9 Å². The largest absolute Gasteiger partial charge is 0.480 e. The number of amides is 1. The summed E-state index contributed by atoms with van der Waals surface area (Å²) in [5.41, 5.74) is 2.52. The van der Waals surface area contributed by atoms with Crippen LogP contribution >= 0.6 is 0 Å². The first-order chi connectivity index (χ1) is 11.1. The van der Waals surface area contributed by atoms with Crippen LogP contribution in [0.1, 0.15) is 41.3 Å². The van der Waals surface area contributed by atoms with E-state index in [1.807, 2.05) is 49.4 Å². The van der Waals surface area contributed by atoms with E-state index in [2.05, 4.69) is 5.32 Å². The average molecular weight is 311 g/mol. The molecule has 0 aromatic heterocycles. The van der Waals surface area contributed by atoms with Crippen LogP contribution in [-0.2, 0) is 11.2 Å². The highest BCUT2D eigenvalue weighted by Gasteiger charge is 2.20. The van der Waals surface area contributed by atoms with E-state index in [0.29, 0.717) is 24.8 Å². The number of carboxylic acids is 1. The van der Waals surface area contributed by atoms with Gasteiger partial charge in [-0.15, -0.1) is 0 Å². The van der Waals surface area contributed by atoms with Gasteiger partial charge in [0.2, 0.25) is 0 Å². The lowest BCUT2D eigenvalue weighted by molar-refractivity contribution is -0.139. The summed E-state index contributed by atoms with van der Waals surface area (Å²) in [6.07, 6.45) is 1.75. The van der Waals surface area contributed by atoms with Gasteiger partial charge in [0.15, 0.2) is 0 Å². The molecule has 0 aliphatic rings. The molecule has 0 bridgehead atoms. The third-order valence-electron chi connectivity index (χ3n) is 3.68. The summed E-state index contributed by atoms with van der Waals surface area (Å²) in [6.45, 7) is 1.89. The highest BCUT2D eigenvalue weighted by Crippen LogP contribution is 2.15. The molecule has 0 heterocycles. The highest BCUT2D eigenvalue weighted by atomic mass is 16.4. The van der Waals surface area contributed by atoms with Crippen molar-refractivity contribution >= 4 is 11.9 Å². The lowest BCUT2D eigenvalue weighted by Crippen LogP contribution is -2.41. The van der Waals surface area contributed by atoms with Crippen molar-refractivity contribution in [3.8, 4) is 0 Å². The number of hydrogen-bond donors (Lipinski definition) is 2. The Morgan fingerprint density at radius 3 is 2.35 bits per heavy atom. The second-order valence-corrected chi connectivity index (χ2v) is 5.47. The number of hydrogen-bond acceptors (Lipinski definition) is 2. The Hall–Kier alpha value is -2.62. The number of carbonyl (C=O) groups excluding carboxylic acids is 1. The van der Waals surface area contributed by atoms with Crippen LogP contribution in [0.4, 0.5) is 0 Å². The molecule has 2 rings (SSSR count). The molecule has 0 saturated heterocycles. The maximum atomic E-state index is 12.5. The predicted octanol–water partition coefficient (Wildman–Crippen LogP) is 3.26. The van der Waals surface area contributed by atoms with Gasteiger partial charge in [-0.2, -0.15) is 0 Å². The maximum Gasteiger partial charge on any atom is 0.326 e. The van der Waals surface area contributed by atoms with Crippen molar-refractivity contribution in [3.05, 3.63) is 71.3 Å². The highest BCUT2D eigenvalue weighted by molar-refractivity contribution is 5.97. The minimum absolute atomic E-state index is 0.336. The van der Waals surface area contributed by atoms with Gasteiger partial charge >= 0.3 is 5.97 Å². The molecule has 0 radical (unpaired) electrons. The van der Waals surface area contributed by atoms with E-state index >= 15 is 0 Å². The van der Waals surface area contributed by atoms with Crippen LogP contribution in [-0.4, -0.2) is 23.0 Å². The second kappa shape index (κ2) is 8.13. The number of benzene rings is 2. The van der Waals surface area contributed by atoms with E-state index in [4.69, 9.17) is 0 Å². The van der Waals surface area contributed by atoms with Crippen LogP contribution in [0.15, 0.2) is 54.6 Å². The third-order valence-corrected chi connectivity index (χ3v) is 3.68. The van der Waals surface area contributed by atoms with Gasteiger partial charge in [0.25, 0.3) is 5.91 Å². The maximum absolute atomic E-state index is 12.5. The topological polar surface area (TPSA) is 66.4 Å². The molecule has 2 aromatic rings. The lowest BCUT2D eigenvalue weighted by atomic mass is 9.99. The minimum atomic E-state index is -0.999. The first kappa shape index (κ1) is 16.7. The van der Waals surface area contributed by atoms with Crippen molar-refractivity contribution in [2.24, 2.45) is 0 Å². The summed E-state index contributed by atoms with van der Waals surface area (Å²) < 4.78 is 0. The molecule has 0 spiro atoms. The van der Waals surface area contributed by atoms with E-state index in [9.17, 15) is 14.7 Å². The van der Waals surface area contributed by atoms with Crippen LogP contribution in [0.25, 0.3) is 0 Å². The van der Waals surface area contributed by atoms with Crippen LogP contribution in [0.5, 0.6) is 0 Å². The Morgan fingerprint density at radius 2 is 1.70 bits per heavy atom. The number of rotatable bonds is 7. The molecule has 2 N–H and O–H groups in total. The van der Waals surface area contributed by atoms with Crippen LogP contribution in [0, 0.1) is 0 Å². The molecule has 0 fully saturated rings. The van der Waals surface area contributed by atoms with Crippen LogP contribution in [0.3, 0.4) is 0 Å². The van der Waals surface area contributed by atoms with Gasteiger partial charge in [-0.25, -0.2) is 4.79 Å². The Balaban J connectivity index is 2.19. The van der Waals surface area contributed by atoms with Gasteiger partial charge in [0, 0.05) is 5.56 Å². The van der Waals surface area contributed by atoms with Gasteiger partial charge in [-0.05, 0) is 30.0 Å². The van der Waals surface area contributed by atoms with Crippen molar-refractivity contribution in [1.82, 2.24) is 5.32 Å². The SMILES string of the molecule is CCCC(NC(=O)c1ccccc1Cc1ccccc1)C(=O)O. The van der Waals surface area contributed by atoms with Crippen molar-refractivity contribution in [1.29, 1.82) is 0 Å². The smallest absolute Gasteiger partial charge is 0.326 e. The third kappa shape index (κ3) is 4.68. The fourth-order valence-corrected chi connectivity index (χ4v) is 2.49. The summed E-state index contributed by atoms with van der Waals surface area (Å²) in [7, 11) is 0. The predicted molar refractivity (Wildman–Crippen MR) is 89.5 cm³/mol. The van der Waals surface area contributed by atoms with Gasteiger partial charge in [0.1, 0.15) is 6.04 Å². The molecular formula is C19H21NO3. The lowest BCUT2D eigenvalue weighted by Gasteiger charge is -2.15. The second-order valence-electron chi connectivity index (χ2n) is 5.47. The van der Waals surface area contributed by atoms with E-state index < -0.39 is 12.0 Å². The number of carboxylic acid groups (broad SMARTS) is 1. The zero-order chi connectivity index (χ0) is 16.7. The quantitative estimate of drug-likeness (QED) is 0.825. The van der Waals surface area contributed by atoms with Crippen molar-refractivity contribution in [3.63, 3.8) is 0 Å². The van der Waals surface area contributed by atoms with Crippen molar-refractivity contribution in [2.75, 3.05) is 0 Å². The molecule has 1 atom stereocenters. The zero-order valence-electron chi connectivity index (χ0n) is 13.2. The van der Waals surface area contributed by atoms with Gasteiger partial charge < -0.3 is 10.4 Å². The first-order valence-electron chi connectivity index (χ1n) is 7.77. The van der Waals surface area contributed by atoms with E-state index in [0.717, 1.165) is 11.1 Å². The fraction of sp³-hybridized carbons (Fsp3) is 0.263. The van der Waals surface area contributed by atoms with Gasteiger partial charge in [0.05, 0.1) is 0 Å². The Labute approximate surface area is 136 Å². The molecule has 0 aliphatic carbocycles. The summed E-state index contributed by atoms with van der Waals surface area (Å²) >= 11 is 0. The fourth-order valence-electron chi connectivity index (χ4n) is 2.49. The molecule has 2 aromatic carbocycles. The van der Waals surface area contributed by atoms with Crippen molar-refractivity contribution < 1.29 is 14.7 Å². The molecule has 120 valence electrons. The summed E-state index contributed by atoms with van der Waals surface area (Å²) in [4.78, 5) is 23.7. The van der Waals surface area contributed by atoms with Crippen LogP contribution in [0.2, 0.25) is 0 Å². The molecule has 4 heteroatoms. The normalized spacial score (nSPS) is 11.7. The Morgan fingerprint density at radius 1 is 1.04 bits per heavy atom. The van der Waals surface area contributed by atoms with Crippen LogP contribution < -0.4 is 5.32 Å². The number of aliphatic carboxylic acids is 1. The van der Waals surface area contributed by atoms with Gasteiger partial charge in [-0.3, -0.25) is 4.79 Å². The van der Waals surface area contributed by atoms with E-state index in [-0.39, 0.29) is 5.91 Å². The average Bonchev–Trinajstić information content (AvgIpc) is 2.55. The summed E-state index contributed by atoms with van der Waals surface area (Å²) in [5, 5.41) is 11.8. The molecular weight excluding hydrogens is 290 g/mol. The molecule has 1 unspecified atom stereocenters.